The standard InChI is InChI=1S/C21H21N3O4/c1-28-15-5-4-14-3-2-9-21(25,18(14)11-15)13-23-19-6-7-20(24(26)27)17-12-22-10-8-16(17)19/h4-8,10-12,23,25H,2-3,9,13H2,1H3. The molecule has 1 unspecified atom stereocenters. The highest BCUT2D eigenvalue weighted by Crippen LogP contribution is 2.38. The molecule has 0 aliphatic heterocycles. The third kappa shape index (κ3) is 3.14. The molecular formula is C21H21N3O4. The van der Waals surface area contributed by atoms with Crippen LogP contribution in [-0.4, -0.2) is 28.7 Å². The number of hydrogen-bond acceptors (Lipinski definition) is 6. The molecule has 2 N–H and O–H groups in total. The van der Waals surface area contributed by atoms with Gasteiger partial charge < -0.3 is 15.2 Å². The zero-order chi connectivity index (χ0) is 19.7. The number of non-ortho nitro benzene ring substituents is 1. The molecule has 0 spiro atoms. The molecule has 0 amide bonds. The average molecular weight is 379 g/mol. The molecule has 0 saturated heterocycles. The number of aromatic nitrogens is 1. The highest BCUT2D eigenvalue weighted by Gasteiger charge is 2.34. The number of nitro groups is 1. The maximum Gasteiger partial charge on any atom is 0.278 e. The van der Waals surface area contributed by atoms with Crippen molar-refractivity contribution < 1.29 is 14.8 Å². The van der Waals surface area contributed by atoms with Crippen LogP contribution in [0, 0.1) is 10.1 Å². The number of ether oxygens (including phenoxy) is 1. The van der Waals surface area contributed by atoms with E-state index < -0.39 is 10.5 Å². The minimum Gasteiger partial charge on any atom is -0.497 e. The SMILES string of the molecule is COc1ccc2c(c1)C(O)(CNc1ccc([N+](=O)[O-])c3cnccc13)CCC2. The Kier molecular flexibility index (Phi) is 4.60. The van der Waals surface area contributed by atoms with Crippen molar-refractivity contribution in [3.63, 3.8) is 0 Å². The minimum atomic E-state index is -1.04. The second-order valence-electron chi connectivity index (χ2n) is 7.07. The van der Waals surface area contributed by atoms with Crippen LogP contribution in [0.4, 0.5) is 11.4 Å². The van der Waals surface area contributed by atoms with Crippen LogP contribution in [0.3, 0.4) is 0 Å². The number of nitrogens with one attached hydrogen (secondary N) is 1. The quantitative estimate of drug-likeness (QED) is 0.517. The van der Waals surface area contributed by atoms with E-state index in [2.05, 4.69) is 10.3 Å². The van der Waals surface area contributed by atoms with Crippen molar-refractivity contribution in [1.29, 1.82) is 0 Å². The van der Waals surface area contributed by atoms with Crippen LogP contribution in [0.2, 0.25) is 0 Å². The van der Waals surface area contributed by atoms with Crippen LogP contribution in [0.1, 0.15) is 24.0 Å². The van der Waals surface area contributed by atoms with Gasteiger partial charge in [0.2, 0.25) is 0 Å². The predicted octanol–water partition coefficient (Wildman–Crippen LogP) is 3.79. The number of rotatable bonds is 5. The maximum absolute atomic E-state index is 11.4. The number of pyridine rings is 1. The average Bonchev–Trinajstić information content (AvgIpc) is 2.72. The van der Waals surface area contributed by atoms with Gasteiger partial charge in [0.15, 0.2) is 0 Å². The normalized spacial score (nSPS) is 18.5. The number of aliphatic hydroxyl groups is 1. The van der Waals surface area contributed by atoms with E-state index in [-0.39, 0.29) is 5.69 Å². The van der Waals surface area contributed by atoms with E-state index in [4.69, 9.17) is 4.74 Å². The lowest BCUT2D eigenvalue weighted by Crippen LogP contribution is -2.37. The van der Waals surface area contributed by atoms with Gasteiger partial charge in [0, 0.05) is 36.1 Å². The number of aryl methyl sites for hydroxylation is 1. The number of anilines is 1. The number of nitrogens with zero attached hydrogens (tertiary/aromatic N) is 2. The Morgan fingerprint density at radius 2 is 2.14 bits per heavy atom. The Morgan fingerprint density at radius 3 is 2.93 bits per heavy atom. The second-order valence-corrected chi connectivity index (χ2v) is 7.07. The summed E-state index contributed by atoms with van der Waals surface area (Å²) in [7, 11) is 1.61. The van der Waals surface area contributed by atoms with E-state index in [1.165, 1.54) is 12.3 Å². The van der Waals surface area contributed by atoms with Gasteiger partial charge in [0.1, 0.15) is 11.4 Å². The molecule has 0 saturated carbocycles. The fourth-order valence-electron chi connectivity index (χ4n) is 3.95. The fraction of sp³-hybridized carbons (Fsp3) is 0.286. The Morgan fingerprint density at radius 1 is 1.29 bits per heavy atom. The number of fused-ring (bicyclic) bond motifs is 2. The molecule has 2 aromatic carbocycles. The van der Waals surface area contributed by atoms with E-state index >= 15 is 0 Å². The zero-order valence-electron chi connectivity index (χ0n) is 15.5. The van der Waals surface area contributed by atoms with E-state index in [0.717, 1.165) is 29.7 Å². The van der Waals surface area contributed by atoms with Gasteiger partial charge in [-0.05, 0) is 54.7 Å². The Labute approximate surface area is 162 Å². The molecule has 144 valence electrons. The Bertz CT molecular complexity index is 1050. The van der Waals surface area contributed by atoms with Crippen LogP contribution in [-0.2, 0) is 12.0 Å². The first kappa shape index (κ1) is 18.2. The Hall–Kier alpha value is -3.19. The lowest BCUT2D eigenvalue weighted by Gasteiger charge is -2.35. The predicted molar refractivity (Wildman–Crippen MR) is 107 cm³/mol. The van der Waals surface area contributed by atoms with Gasteiger partial charge in [-0.1, -0.05) is 6.07 Å². The van der Waals surface area contributed by atoms with Crippen LogP contribution in [0.25, 0.3) is 10.8 Å². The van der Waals surface area contributed by atoms with Gasteiger partial charge in [-0.15, -0.1) is 0 Å². The minimum absolute atomic E-state index is 0.0140. The number of nitro benzene ring substituents is 1. The lowest BCUT2D eigenvalue weighted by molar-refractivity contribution is -0.383. The number of benzene rings is 2. The van der Waals surface area contributed by atoms with E-state index in [9.17, 15) is 15.2 Å². The van der Waals surface area contributed by atoms with Gasteiger partial charge in [-0.3, -0.25) is 15.1 Å². The first-order chi connectivity index (χ1) is 13.5. The molecule has 1 heterocycles. The van der Waals surface area contributed by atoms with Crippen molar-refractivity contribution >= 4 is 22.1 Å². The van der Waals surface area contributed by atoms with Crippen molar-refractivity contribution in [2.75, 3.05) is 19.0 Å². The molecule has 1 aliphatic rings. The Balaban J connectivity index is 1.68. The van der Waals surface area contributed by atoms with E-state index in [1.807, 2.05) is 18.2 Å². The summed E-state index contributed by atoms with van der Waals surface area (Å²) in [5.41, 5.74) is 1.70. The first-order valence-electron chi connectivity index (χ1n) is 9.16. The molecule has 1 atom stereocenters. The third-order valence-corrected chi connectivity index (χ3v) is 5.42. The second kappa shape index (κ2) is 7.09. The van der Waals surface area contributed by atoms with Crippen molar-refractivity contribution in [3.05, 3.63) is 70.0 Å². The van der Waals surface area contributed by atoms with Gasteiger partial charge in [0.25, 0.3) is 5.69 Å². The summed E-state index contributed by atoms with van der Waals surface area (Å²) in [5, 5.41) is 27.1. The molecule has 0 fully saturated rings. The van der Waals surface area contributed by atoms with Crippen molar-refractivity contribution in [2.45, 2.75) is 24.9 Å². The molecule has 0 bridgehead atoms. The molecule has 28 heavy (non-hydrogen) atoms. The van der Waals surface area contributed by atoms with Crippen molar-refractivity contribution in [1.82, 2.24) is 4.98 Å². The van der Waals surface area contributed by atoms with Crippen LogP contribution in [0.5, 0.6) is 5.75 Å². The monoisotopic (exact) mass is 379 g/mol. The molecule has 1 aliphatic carbocycles. The molecule has 7 heteroatoms. The van der Waals surface area contributed by atoms with Crippen LogP contribution >= 0.6 is 0 Å². The molecular weight excluding hydrogens is 358 g/mol. The lowest BCUT2D eigenvalue weighted by atomic mass is 9.79. The smallest absolute Gasteiger partial charge is 0.278 e. The van der Waals surface area contributed by atoms with Crippen LogP contribution < -0.4 is 10.1 Å². The first-order valence-corrected chi connectivity index (χ1v) is 9.16. The van der Waals surface area contributed by atoms with E-state index in [0.29, 0.717) is 29.5 Å². The summed E-state index contributed by atoms with van der Waals surface area (Å²) >= 11 is 0. The topological polar surface area (TPSA) is 97.5 Å². The summed E-state index contributed by atoms with van der Waals surface area (Å²) in [6.07, 6.45) is 5.55. The van der Waals surface area contributed by atoms with Gasteiger partial charge in [-0.2, -0.15) is 0 Å². The molecule has 0 radical (unpaired) electrons. The van der Waals surface area contributed by atoms with Gasteiger partial charge in [0.05, 0.1) is 17.4 Å². The van der Waals surface area contributed by atoms with Crippen molar-refractivity contribution in [3.8, 4) is 5.75 Å². The number of hydrogen-bond donors (Lipinski definition) is 2. The zero-order valence-corrected chi connectivity index (χ0v) is 15.5. The highest BCUT2D eigenvalue weighted by molar-refractivity contribution is 5.99. The molecule has 1 aromatic heterocycles. The van der Waals surface area contributed by atoms with Gasteiger partial charge in [-0.25, -0.2) is 0 Å². The number of methoxy groups -OCH3 is 1. The van der Waals surface area contributed by atoms with Crippen molar-refractivity contribution in [2.24, 2.45) is 0 Å². The summed E-state index contributed by atoms with van der Waals surface area (Å²) < 4.78 is 5.33. The summed E-state index contributed by atoms with van der Waals surface area (Å²) in [6.45, 7) is 0.294. The fourth-order valence-corrected chi connectivity index (χ4v) is 3.95. The molecule has 7 nitrogen and oxygen atoms in total. The summed E-state index contributed by atoms with van der Waals surface area (Å²) in [5.74, 6) is 0.714. The van der Waals surface area contributed by atoms with Gasteiger partial charge >= 0.3 is 0 Å². The van der Waals surface area contributed by atoms with E-state index in [1.54, 1.807) is 25.4 Å². The third-order valence-electron chi connectivity index (χ3n) is 5.42. The summed E-state index contributed by atoms with van der Waals surface area (Å²) in [6, 6.07) is 10.7. The summed E-state index contributed by atoms with van der Waals surface area (Å²) in [4.78, 5) is 14.9. The largest absolute Gasteiger partial charge is 0.497 e. The van der Waals surface area contributed by atoms with Crippen LogP contribution in [0.15, 0.2) is 48.8 Å². The highest BCUT2D eigenvalue weighted by atomic mass is 16.6. The molecule has 4 rings (SSSR count). The molecule has 3 aromatic rings. The maximum atomic E-state index is 11.4.